The van der Waals surface area contributed by atoms with Crippen LogP contribution in [0.5, 0.6) is 17.2 Å². The van der Waals surface area contributed by atoms with Gasteiger partial charge in [-0.3, -0.25) is 0 Å². The van der Waals surface area contributed by atoms with E-state index < -0.39 is 43.2 Å². The molecule has 0 aliphatic rings. The van der Waals surface area contributed by atoms with Gasteiger partial charge in [0.25, 0.3) is 0 Å². The summed E-state index contributed by atoms with van der Waals surface area (Å²) in [5.41, 5.74) is -0.00337. The highest BCUT2D eigenvalue weighted by molar-refractivity contribution is 5.35. The summed E-state index contributed by atoms with van der Waals surface area (Å²) < 4.78 is 103. The summed E-state index contributed by atoms with van der Waals surface area (Å²) in [7, 11) is 0. The van der Waals surface area contributed by atoms with Gasteiger partial charge in [-0.15, -0.1) is 13.2 Å². The van der Waals surface area contributed by atoms with E-state index in [4.69, 9.17) is 4.74 Å². The van der Waals surface area contributed by atoms with Gasteiger partial charge >= 0.3 is 6.36 Å². The lowest BCUT2D eigenvalue weighted by molar-refractivity contribution is -0.274. The number of benzene rings is 3. The maximum atomic E-state index is 14.8. The van der Waals surface area contributed by atoms with Crippen LogP contribution in [0.15, 0.2) is 78.9 Å². The van der Waals surface area contributed by atoms with Gasteiger partial charge in [0.15, 0.2) is 0 Å². The van der Waals surface area contributed by atoms with E-state index in [0.717, 1.165) is 24.3 Å². The van der Waals surface area contributed by atoms with Crippen LogP contribution >= 0.6 is 0 Å². The Morgan fingerprint density at radius 1 is 0.697 bits per heavy atom. The van der Waals surface area contributed by atoms with Gasteiger partial charge in [0, 0.05) is 6.42 Å². The van der Waals surface area contributed by atoms with E-state index in [1.807, 2.05) is 0 Å². The third-order valence-corrected chi connectivity index (χ3v) is 4.77. The number of hydrogen-bond acceptors (Lipinski definition) is 2. The molecule has 2 nitrogen and oxygen atoms in total. The van der Waals surface area contributed by atoms with Crippen molar-refractivity contribution in [3.8, 4) is 17.2 Å². The normalized spacial score (nSPS) is 14.5. The van der Waals surface area contributed by atoms with Crippen molar-refractivity contribution >= 4 is 0 Å². The highest BCUT2D eigenvalue weighted by atomic mass is 19.4. The average Bonchev–Trinajstić information content (AvgIpc) is 2.75. The van der Waals surface area contributed by atoms with Crippen LogP contribution in [0.1, 0.15) is 17.0 Å². The Hall–Kier alpha value is -3.23. The number of para-hydroxylation sites is 1. The van der Waals surface area contributed by atoms with Crippen molar-refractivity contribution < 1.29 is 40.2 Å². The minimum absolute atomic E-state index is 0.334. The monoisotopic (exact) mass is 472 g/mol. The molecule has 0 saturated carbocycles. The van der Waals surface area contributed by atoms with E-state index in [9.17, 15) is 30.7 Å². The van der Waals surface area contributed by atoms with Crippen LogP contribution in [-0.2, 0) is 6.42 Å². The second-order valence-corrected chi connectivity index (χ2v) is 7.20. The Morgan fingerprint density at radius 2 is 1.33 bits per heavy atom. The van der Waals surface area contributed by atoms with Crippen molar-refractivity contribution in [2.24, 2.45) is 0 Å². The number of halogens is 7. The zero-order valence-electron chi connectivity index (χ0n) is 17.0. The number of alkyl halides is 7. The summed E-state index contributed by atoms with van der Waals surface area (Å²) in [4.78, 5) is 0. The summed E-state index contributed by atoms with van der Waals surface area (Å²) in [5, 5.41) is 0. The molecule has 0 aliphatic heterocycles. The van der Waals surface area contributed by atoms with Gasteiger partial charge in [0.2, 0.25) is 6.43 Å². The lowest BCUT2D eigenvalue weighted by Gasteiger charge is -2.24. The Morgan fingerprint density at radius 3 is 1.94 bits per heavy atom. The van der Waals surface area contributed by atoms with Gasteiger partial charge in [-0.25, -0.2) is 17.6 Å². The van der Waals surface area contributed by atoms with E-state index in [1.54, 1.807) is 42.5 Å². The molecule has 0 fully saturated rings. The highest BCUT2D eigenvalue weighted by Crippen LogP contribution is 2.35. The van der Waals surface area contributed by atoms with Gasteiger partial charge in [-0.2, -0.15) is 0 Å². The number of rotatable bonds is 9. The van der Waals surface area contributed by atoms with E-state index in [1.165, 1.54) is 12.1 Å². The van der Waals surface area contributed by atoms with Crippen molar-refractivity contribution in [3.05, 3.63) is 90.0 Å². The topological polar surface area (TPSA) is 18.5 Å². The molecule has 0 bridgehead atoms. The molecule has 3 rings (SSSR count). The predicted molar refractivity (Wildman–Crippen MR) is 108 cm³/mol. The fourth-order valence-corrected chi connectivity index (χ4v) is 3.28. The second-order valence-electron chi connectivity index (χ2n) is 7.20. The molecular formula is C24H19F7O2. The molecule has 0 amide bonds. The average molecular weight is 472 g/mol. The van der Waals surface area contributed by atoms with Gasteiger partial charge in [-0.1, -0.05) is 42.5 Å². The minimum Gasteiger partial charge on any atom is -0.457 e. The Labute approximate surface area is 185 Å². The predicted octanol–water partition coefficient (Wildman–Crippen LogP) is 7.65. The van der Waals surface area contributed by atoms with Crippen molar-refractivity contribution in [1.82, 2.24) is 0 Å². The maximum absolute atomic E-state index is 14.8. The van der Waals surface area contributed by atoms with Crippen molar-refractivity contribution in [1.29, 1.82) is 0 Å². The van der Waals surface area contributed by atoms with Crippen molar-refractivity contribution in [2.45, 2.75) is 37.5 Å². The molecule has 9 heteroatoms. The Kier molecular flexibility index (Phi) is 7.84. The van der Waals surface area contributed by atoms with Gasteiger partial charge in [0.1, 0.15) is 29.6 Å². The molecule has 3 aromatic carbocycles. The first-order valence-electron chi connectivity index (χ1n) is 9.86. The fourth-order valence-electron chi connectivity index (χ4n) is 3.28. The zero-order chi connectivity index (χ0) is 24.0. The summed E-state index contributed by atoms with van der Waals surface area (Å²) >= 11 is 0. The molecule has 0 radical (unpaired) electrons. The molecule has 0 spiro atoms. The molecule has 3 atom stereocenters. The minimum atomic E-state index is -4.96. The Bertz CT molecular complexity index is 1010. The van der Waals surface area contributed by atoms with Crippen LogP contribution in [0.3, 0.4) is 0 Å². The molecule has 3 unspecified atom stereocenters. The second kappa shape index (κ2) is 10.6. The highest BCUT2D eigenvalue weighted by Gasteiger charge is 2.38. The molecule has 0 N–H and O–H groups in total. The summed E-state index contributed by atoms with van der Waals surface area (Å²) in [6.45, 7) is 0. The van der Waals surface area contributed by atoms with Crippen LogP contribution < -0.4 is 9.47 Å². The SMILES string of the molecule is FC(F)C(c1ccc(OC(F)(F)F)cc1)C(F)C(F)Cc1cccc(Oc2ccccc2)c1. The van der Waals surface area contributed by atoms with Crippen LogP contribution in [0.25, 0.3) is 0 Å². The third-order valence-electron chi connectivity index (χ3n) is 4.77. The zero-order valence-corrected chi connectivity index (χ0v) is 17.0. The van der Waals surface area contributed by atoms with Gasteiger partial charge in [0.05, 0.1) is 5.92 Å². The van der Waals surface area contributed by atoms with Crippen LogP contribution in [-0.4, -0.2) is 25.1 Å². The Balaban J connectivity index is 1.70. The molecular weight excluding hydrogens is 453 g/mol. The van der Waals surface area contributed by atoms with E-state index in [2.05, 4.69) is 4.74 Å². The molecule has 0 aromatic heterocycles. The quantitative estimate of drug-likeness (QED) is 0.298. The lowest BCUT2D eigenvalue weighted by Crippen LogP contribution is -2.31. The standard InChI is InChI=1S/C24H19F7O2/c25-20(14-15-5-4-8-19(13-15)32-17-6-2-1-3-7-17)22(26)21(23(27)28)16-9-11-18(12-10-16)33-24(29,30)31/h1-13,20-23H,14H2. The molecule has 0 aliphatic carbocycles. The van der Waals surface area contributed by atoms with Crippen LogP contribution in [0.2, 0.25) is 0 Å². The van der Waals surface area contributed by atoms with Crippen molar-refractivity contribution in [2.75, 3.05) is 0 Å². The van der Waals surface area contributed by atoms with Crippen LogP contribution in [0, 0.1) is 0 Å². The maximum Gasteiger partial charge on any atom is 0.573 e. The summed E-state index contributed by atoms with van der Waals surface area (Å²) in [5.74, 6) is -1.91. The smallest absolute Gasteiger partial charge is 0.457 e. The summed E-state index contributed by atoms with van der Waals surface area (Å²) in [6.07, 6.45) is -13.6. The summed E-state index contributed by atoms with van der Waals surface area (Å²) in [6, 6.07) is 18.2. The van der Waals surface area contributed by atoms with Crippen molar-refractivity contribution in [3.63, 3.8) is 0 Å². The first-order valence-corrected chi connectivity index (χ1v) is 9.86. The first-order chi connectivity index (χ1) is 15.6. The largest absolute Gasteiger partial charge is 0.573 e. The van der Waals surface area contributed by atoms with E-state index >= 15 is 0 Å². The van der Waals surface area contributed by atoms with E-state index in [0.29, 0.717) is 17.1 Å². The molecule has 0 heterocycles. The third kappa shape index (κ3) is 7.13. The first kappa shape index (κ1) is 24.4. The van der Waals surface area contributed by atoms with Gasteiger partial charge < -0.3 is 9.47 Å². The number of hydrogen-bond donors (Lipinski definition) is 0. The number of ether oxygens (including phenoxy) is 2. The molecule has 176 valence electrons. The molecule has 3 aromatic rings. The van der Waals surface area contributed by atoms with E-state index in [-0.39, 0.29) is 5.56 Å². The fraction of sp³-hybridized carbons (Fsp3) is 0.250. The molecule has 0 saturated heterocycles. The van der Waals surface area contributed by atoms with Crippen LogP contribution in [0.4, 0.5) is 30.7 Å². The lowest BCUT2D eigenvalue weighted by atomic mass is 9.90. The molecule has 33 heavy (non-hydrogen) atoms. The van der Waals surface area contributed by atoms with Gasteiger partial charge in [-0.05, 0) is 47.5 Å².